The molecule has 2 aliphatic rings. The summed E-state index contributed by atoms with van der Waals surface area (Å²) in [7, 11) is 1.77. The standard InChI is InChI=1S/C23H27N3O3/c1-26-19-11-9-18(14-17(19)10-12-21(26)27)23(28)25-22-20(8-5-13-24-22)29-15-16-6-3-2-4-7-16/h5,8-9,11,13-14,16H,2-4,6-7,10,12,15H2,1H3,(H,24,25,28). The minimum Gasteiger partial charge on any atom is -0.489 e. The number of aryl methyl sites for hydroxylation is 1. The smallest absolute Gasteiger partial charge is 0.256 e. The van der Waals surface area contributed by atoms with Crippen molar-refractivity contribution in [2.75, 3.05) is 23.9 Å². The summed E-state index contributed by atoms with van der Waals surface area (Å²) in [6, 6.07) is 9.10. The topological polar surface area (TPSA) is 71.5 Å². The van der Waals surface area contributed by atoms with E-state index in [-0.39, 0.29) is 11.8 Å². The summed E-state index contributed by atoms with van der Waals surface area (Å²) in [6.07, 6.45) is 9.02. The number of fused-ring (bicyclic) bond motifs is 1. The van der Waals surface area contributed by atoms with Crippen molar-refractivity contribution in [3.05, 3.63) is 47.7 Å². The van der Waals surface area contributed by atoms with E-state index >= 15 is 0 Å². The molecule has 1 aliphatic heterocycles. The number of carbonyl (C=O) groups is 2. The molecule has 4 rings (SSSR count). The number of amides is 2. The summed E-state index contributed by atoms with van der Waals surface area (Å²) in [5, 5.41) is 2.89. The number of aromatic nitrogens is 1. The Balaban J connectivity index is 1.45. The predicted octanol–water partition coefficient (Wildman–Crippen LogP) is 4.20. The molecule has 152 valence electrons. The fraction of sp³-hybridized carbons (Fsp3) is 0.435. The summed E-state index contributed by atoms with van der Waals surface area (Å²) in [6.45, 7) is 0.660. The summed E-state index contributed by atoms with van der Waals surface area (Å²) < 4.78 is 6.01. The molecule has 2 heterocycles. The number of ether oxygens (including phenoxy) is 1. The van der Waals surface area contributed by atoms with Crippen LogP contribution in [0.5, 0.6) is 5.75 Å². The lowest BCUT2D eigenvalue weighted by atomic mass is 9.90. The fourth-order valence-electron chi connectivity index (χ4n) is 4.14. The van der Waals surface area contributed by atoms with E-state index in [2.05, 4.69) is 10.3 Å². The number of pyridine rings is 1. The van der Waals surface area contributed by atoms with Crippen molar-refractivity contribution in [2.45, 2.75) is 44.9 Å². The molecule has 1 aromatic heterocycles. The van der Waals surface area contributed by atoms with E-state index in [1.165, 1.54) is 32.1 Å². The average molecular weight is 393 g/mol. The second kappa shape index (κ2) is 8.64. The normalized spacial score (nSPS) is 17.0. The van der Waals surface area contributed by atoms with Crippen LogP contribution in [0.1, 0.15) is 54.4 Å². The number of anilines is 2. The number of rotatable bonds is 5. The first kappa shape index (κ1) is 19.4. The first-order valence-electron chi connectivity index (χ1n) is 10.4. The van der Waals surface area contributed by atoms with Gasteiger partial charge in [0.2, 0.25) is 5.91 Å². The first-order chi connectivity index (χ1) is 14.1. The molecule has 6 heteroatoms. The van der Waals surface area contributed by atoms with Crippen LogP contribution in [0.25, 0.3) is 0 Å². The highest BCUT2D eigenvalue weighted by atomic mass is 16.5. The fourth-order valence-corrected chi connectivity index (χ4v) is 4.14. The molecular weight excluding hydrogens is 366 g/mol. The van der Waals surface area contributed by atoms with Crippen LogP contribution in [0.4, 0.5) is 11.5 Å². The molecule has 1 saturated carbocycles. The zero-order valence-corrected chi connectivity index (χ0v) is 16.8. The van der Waals surface area contributed by atoms with E-state index in [1.54, 1.807) is 24.2 Å². The van der Waals surface area contributed by atoms with Crippen LogP contribution >= 0.6 is 0 Å². The Morgan fingerprint density at radius 1 is 1.21 bits per heavy atom. The molecule has 0 radical (unpaired) electrons. The zero-order valence-electron chi connectivity index (χ0n) is 16.8. The lowest BCUT2D eigenvalue weighted by Gasteiger charge is -2.26. The average Bonchev–Trinajstić information content (AvgIpc) is 2.76. The van der Waals surface area contributed by atoms with Crippen molar-refractivity contribution in [3.63, 3.8) is 0 Å². The Morgan fingerprint density at radius 2 is 2.03 bits per heavy atom. The molecule has 0 bridgehead atoms. The van der Waals surface area contributed by atoms with Crippen molar-refractivity contribution < 1.29 is 14.3 Å². The van der Waals surface area contributed by atoms with Crippen LogP contribution in [-0.2, 0) is 11.2 Å². The van der Waals surface area contributed by atoms with Gasteiger partial charge < -0.3 is 15.0 Å². The van der Waals surface area contributed by atoms with Gasteiger partial charge in [-0.1, -0.05) is 19.3 Å². The molecule has 1 aromatic carbocycles. The van der Waals surface area contributed by atoms with Gasteiger partial charge in [-0.25, -0.2) is 4.98 Å². The maximum atomic E-state index is 12.8. The third-order valence-corrected chi connectivity index (χ3v) is 5.89. The van der Waals surface area contributed by atoms with Gasteiger partial charge in [0.25, 0.3) is 5.91 Å². The Kier molecular flexibility index (Phi) is 5.79. The number of hydrogen-bond donors (Lipinski definition) is 1. The van der Waals surface area contributed by atoms with Gasteiger partial charge in [-0.2, -0.15) is 0 Å². The molecule has 1 aliphatic carbocycles. The zero-order chi connectivity index (χ0) is 20.2. The second-order valence-corrected chi connectivity index (χ2v) is 7.92. The van der Waals surface area contributed by atoms with Gasteiger partial charge in [0.05, 0.1) is 6.61 Å². The molecular formula is C23H27N3O3. The second-order valence-electron chi connectivity index (χ2n) is 7.92. The third kappa shape index (κ3) is 4.42. The maximum Gasteiger partial charge on any atom is 0.256 e. The van der Waals surface area contributed by atoms with Crippen molar-refractivity contribution in [1.82, 2.24) is 4.98 Å². The summed E-state index contributed by atoms with van der Waals surface area (Å²) in [4.78, 5) is 30.6. The van der Waals surface area contributed by atoms with Gasteiger partial charge in [-0.05, 0) is 61.1 Å². The van der Waals surface area contributed by atoms with Crippen molar-refractivity contribution >= 4 is 23.3 Å². The lowest BCUT2D eigenvalue weighted by Crippen LogP contribution is -2.31. The van der Waals surface area contributed by atoms with Gasteiger partial charge in [0.1, 0.15) is 0 Å². The number of benzene rings is 1. The highest BCUT2D eigenvalue weighted by Crippen LogP contribution is 2.29. The summed E-state index contributed by atoms with van der Waals surface area (Å²) in [5.74, 6) is 1.50. The Bertz CT molecular complexity index is 906. The highest BCUT2D eigenvalue weighted by Gasteiger charge is 2.22. The summed E-state index contributed by atoms with van der Waals surface area (Å²) >= 11 is 0. The lowest BCUT2D eigenvalue weighted by molar-refractivity contribution is -0.118. The molecule has 29 heavy (non-hydrogen) atoms. The van der Waals surface area contributed by atoms with E-state index < -0.39 is 0 Å². The third-order valence-electron chi connectivity index (χ3n) is 5.89. The van der Waals surface area contributed by atoms with Crippen molar-refractivity contribution in [2.24, 2.45) is 5.92 Å². The van der Waals surface area contributed by atoms with E-state index in [9.17, 15) is 9.59 Å². The number of hydrogen-bond acceptors (Lipinski definition) is 4. The molecule has 0 unspecified atom stereocenters. The van der Waals surface area contributed by atoms with Gasteiger partial charge >= 0.3 is 0 Å². The van der Waals surface area contributed by atoms with E-state index in [0.717, 1.165) is 11.3 Å². The monoisotopic (exact) mass is 393 g/mol. The Hall–Kier alpha value is -2.89. The van der Waals surface area contributed by atoms with Crippen LogP contribution in [0.2, 0.25) is 0 Å². The quantitative estimate of drug-likeness (QED) is 0.826. The number of nitrogens with one attached hydrogen (secondary N) is 1. The van der Waals surface area contributed by atoms with Crippen LogP contribution in [0, 0.1) is 5.92 Å². The number of nitrogens with zero attached hydrogens (tertiary/aromatic N) is 2. The molecule has 1 fully saturated rings. The molecule has 0 atom stereocenters. The van der Waals surface area contributed by atoms with Crippen LogP contribution < -0.4 is 15.0 Å². The number of carbonyl (C=O) groups excluding carboxylic acids is 2. The van der Waals surface area contributed by atoms with Gasteiger partial charge in [-0.3, -0.25) is 9.59 Å². The predicted molar refractivity (Wildman–Crippen MR) is 112 cm³/mol. The minimum atomic E-state index is -0.228. The minimum absolute atomic E-state index is 0.0999. The van der Waals surface area contributed by atoms with Gasteiger partial charge in [0.15, 0.2) is 11.6 Å². The van der Waals surface area contributed by atoms with E-state index in [1.807, 2.05) is 24.3 Å². The SMILES string of the molecule is CN1C(=O)CCc2cc(C(=O)Nc3ncccc3OCC3CCCCC3)ccc21. The van der Waals surface area contributed by atoms with E-state index in [4.69, 9.17) is 4.74 Å². The van der Waals surface area contributed by atoms with Crippen molar-refractivity contribution in [1.29, 1.82) is 0 Å². The molecule has 2 amide bonds. The summed E-state index contributed by atoms with van der Waals surface area (Å²) in [5.41, 5.74) is 2.43. The van der Waals surface area contributed by atoms with Gasteiger partial charge in [0, 0.05) is 30.9 Å². The Labute approximate surface area is 171 Å². The van der Waals surface area contributed by atoms with Crippen molar-refractivity contribution in [3.8, 4) is 5.75 Å². The molecule has 0 saturated heterocycles. The van der Waals surface area contributed by atoms with Gasteiger partial charge in [-0.15, -0.1) is 0 Å². The van der Waals surface area contributed by atoms with Crippen LogP contribution in [0.15, 0.2) is 36.5 Å². The largest absolute Gasteiger partial charge is 0.489 e. The maximum absolute atomic E-state index is 12.8. The Morgan fingerprint density at radius 3 is 2.86 bits per heavy atom. The van der Waals surface area contributed by atoms with Crippen LogP contribution in [0.3, 0.4) is 0 Å². The van der Waals surface area contributed by atoms with Crippen LogP contribution in [-0.4, -0.2) is 30.5 Å². The molecule has 1 N–H and O–H groups in total. The molecule has 2 aromatic rings. The molecule has 0 spiro atoms. The first-order valence-corrected chi connectivity index (χ1v) is 10.4. The van der Waals surface area contributed by atoms with E-state index in [0.29, 0.717) is 42.5 Å². The molecule has 6 nitrogen and oxygen atoms in total. The highest BCUT2D eigenvalue weighted by molar-refractivity contribution is 6.05.